The molecule has 38 heavy (non-hydrogen) atoms. The van der Waals surface area contributed by atoms with Crippen LogP contribution in [-0.2, 0) is 16.1 Å². The lowest BCUT2D eigenvalue weighted by Gasteiger charge is -2.10. The van der Waals surface area contributed by atoms with Gasteiger partial charge >= 0.3 is 5.97 Å². The van der Waals surface area contributed by atoms with Gasteiger partial charge in [0.15, 0.2) is 11.0 Å². The Bertz CT molecular complexity index is 1450. The summed E-state index contributed by atoms with van der Waals surface area (Å²) in [6.45, 7) is 4.29. The second-order valence-electron chi connectivity index (χ2n) is 7.85. The highest BCUT2D eigenvalue weighted by Gasteiger charge is 2.23. The molecule has 0 bridgehead atoms. The predicted molar refractivity (Wildman–Crippen MR) is 149 cm³/mol. The van der Waals surface area contributed by atoms with Gasteiger partial charge in [0, 0.05) is 23.1 Å². The minimum absolute atomic E-state index is 0.0593. The predicted octanol–water partition coefficient (Wildman–Crippen LogP) is 5.39. The summed E-state index contributed by atoms with van der Waals surface area (Å²) in [5, 5.41) is 14.3. The number of hydrogen-bond acceptors (Lipinski definition) is 9. The Morgan fingerprint density at radius 3 is 2.50 bits per heavy atom. The molecular weight excluding hydrogens is 524 g/mol. The summed E-state index contributed by atoms with van der Waals surface area (Å²) in [4.78, 5) is 25.6. The number of thiophene rings is 1. The van der Waals surface area contributed by atoms with Gasteiger partial charge in [-0.15, -0.1) is 28.1 Å². The summed E-state index contributed by atoms with van der Waals surface area (Å²) in [7, 11) is 4.50. The van der Waals surface area contributed by atoms with Crippen molar-refractivity contribution in [3.63, 3.8) is 0 Å². The van der Waals surface area contributed by atoms with Crippen molar-refractivity contribution in [1.82, 2.24) is 14.8 Å². The molecule has 1 amide bonds. The van der Waals surface area contributed by atoms with Crippen LogP contribution < -0.4 is 14.8 Å². The maximum absolute atomic E-state index is 12.9. The first kappa shape index (κ1) is 27.0. The molecule has 0 aliphatic heterocycles. The number of aromatic nitrogens is 3. The van der Waals surface area contributed by atoms with E-state index in [2.05, 4.69) is 22.1 Å². The van der Waals surface area contributed by atoms with Crippen molar-refractivity contribution < 1.29 is 23.8 Å². The molecule has 0 unspecified atom stereocenters. The molecule has 9 nitrogen and oxygen atoms in total. The zero-order valence-electron chi connectivity index (χ0n) is 21.1. The molecule has 2 heterocycles. The van der Waals surface area contributed by atoms with Crippen LogP contribution in [0.2, 0.25) is 0 Å². The van der Waals surface area contributed by atoms with Gasteiger partial charge in [0.05, 0.1) is 27.1 Å². The topological polar surface area (TPSA) is 105 Å². The standard InChI is InChI=1S/C27H26N4O5S2/c1-5-13-31-24(18-7-6-8-20(14-18)35-3)29-30-27(31)38-16-22(32)28-25-23(26(33)36-4)21(15-37-25)17-9-11-19(34-2)12-10-17/h5-12,14-15H,1,13,16H2,2-4H3,(H,28,32). The average Bonchev–Trinajstić information content (AvgIpc) is 3.55. The van der Waals surface area contributed by atoms with E-state index in [-0.39, 0.29) is 11.7 Å². The van der Waals surface area contributed by atoms with E-state index in [9.17, 15) is 9.59 Å². The maximum atomic E-state index is 12.9. The normalized spacial score (nSPS) is 10.6. The van der Waals surface area contributed by atoms with E-state index in [1.165, 1.54) is 30.2 Å². The molecular formula is C27H26N4O5S2. The van der Waals surface area contributed by atoms with Crippen molar-refractivity contribution in [2.75, 3.05) is 32.4 Å². The van der Waals surface area contributed by atoms with Crippen LogP contribution in [0.1, 0.15) is 10.4 Å². The number of hydrogen-bond donors (Lipinski definition) is 1. The van der Waals surface area contributed by atoms with Crippen LogP contribution in [0.15, 0.2) is 71.7 Å². The largest absolute Gasteiger partial charge is 0.497 e. The van der Waals surface area contributed by atoms with Gasteiger partial charge in [0.1, 0.15) is 22.1 Å². The molecule has 0 fully saturated rings. The highest BCUT2D eigenvalue weighted by atomic mass is 32.2. The first-order valence-electron chi connectivity index (χ1n) is 11.4. The maximum Gasteiger partial charge on any atom is 0.341 e. The molecule has 11 heteroatoms. The molecule has 0 atom stereocenters. The number of thioether (sulfide) groups is 1. The number of nitrogens with zero attached hydrogens (tertiary/aromatic N) is 3. The monoisotopic (exact) mass is 550 g/mol. The lowest BCUT2D eigenvalue weighted by Crippen LogP contribution is -2.16. The van der Waals surface area contributed by atoms with Crippen molar-refractivity contribution in [3.05, 3.63) is 72.1 Å². The number of anilines is 1. The van der Waals surface area contributed by atoms with Gasteiger partial charge < -0.3 is 19.5 Å². The fourth-order valence-electron chi connectivity index (χ4n) is 3.70. The number of nitrogens with one attached hydrogen (secondary N) is 1. The molecule has 0 saturated heterocycles. The molecule has 1 N–H and O–H groups in total. The van der Waals surface area contributed by atoms with Crippen LogP contribution in [0.25, 0.3) is 22.5 Å². The van der Waals surface area contributed by atoms with Crippen molar-refractivity contribution in [2.24, 2.45) is 0 Å². The highest BCUT2D eigenvalue weighted by Crippen LogP contribution is 2.37. The zero-order valence-corrected chi connectivity index (χ0v) is 22.7. The molecule has 196 valence electrons. The number of rotatable bonds is 11. The third-order valence-corrected chi connectivity index (χ3v) is 7.39. The van der Waals surface area contributed by atoms with Gasteiger partial charge in [0.25, 0.3) is 0 Å². The number of benzene rings is 2. The second-order valence-corrected chi connectivity index (χ2v) is 9.67. The minimum atomic E-state index is -0.534. The zero-order chi connectivity index (χ0) is 27.1. The summed E-state index contributed by atoms with van der Waals surface area (Å²) in [5.41, 5.74) is 2.61. The second kappa shape index (κ2) is 12.4. The number of amides is 1. The number of esters is 1. The van der Waals surface area contributed by atoms with Crippen molar-refractivity contribution in [3.8, 4) is 34.0 Å². The molecule has 4 aromatic rings. The Labute approximate surface area is 228 Å². The fourth-order valence-corrected chi connectivity index (χ4v) is 5.42. The van der Waals surface area contributed by atoms with Crippen LogP contribution >= 0.6 is 23.1 Å². The molecule has 2 aromatic heterocycles. The number of ether oxygens (including phenoxy) is 3. The molecule has 2 aromatic carbocycles. The SMILES string of the molecule is C=CCn1c(SCC(=O)Nc2scc(-c3ccc(OC)cc3)c2C(=O)OC)nnc1-c1cccc(OC)c1. The Hall–Kier alpha value is -4.09. The number of methoxy groups -OCH3 is 3. The van der Waals surface area contributed by atoms with Crippen LogP contribution in [0, 0.1) is 0 Å². The van der Waals surface area contributed by atoms with Gasteiger partial charge in [-0.05, 0) is 29.8 Å². The number of carbonyl (C=O) groups excluding carboxylic acids is 2. The number of carbonyl (C=O) groups is 2. The first-order chi connectivity index (χ1) is 18.5. The van der Waals surface area contributed by atoms with Gasteiger partial charge in [0.2, 0.25) is 5.91 Å². The van der Waals surface area contributed by atoms with Crippen molar-refractivity contribution >= 4 is 40.0 Å². The average molecular weight is 551 g/mol. The molecule has 0 radical (unpaired) electrons. The molecule has 0 saturated carbocycles. The van der Waals surface area contributed by atoms with Crippen molar-refractivity contribution in [2.45, 2.75) is 11.7 Å². The summed E-state index contributed by atoms with van der Waals surface area (Å²) >= 11 is 2.50. The summed E-state index contributed by atoms with van der Waals surface area (Å²) in [5.74, 6) is 1.28. The molecule has 0 aliphatic carbocycles. The summed E-state index contributed by atoms with van der Waals surface area (Å²) < 4.78 is 17.4. The van der Waals surface area contributed by atoms with E-state index in [1.807, 2.05) is 58.5 Å². The Morgan fingerprint density at radius 2 is 1.82 bits per heavy atom. The van der Waals surface area contributed by atoms with Crippen LogP contribution in [0.3, 0.4) is 0 Å². The Balaban J connectivity index is 1.52. The summed E-state index contributed by atoms with van der Waals surface area (Å²) in [6, 6.07) is 14.8. The third kappa shape index (κ3) is 5.90. The van der Waals surface area contributed by atoms with E-state index in [0.717, 1.165) is 11.1 Å². The lowest BCUT2D eigenvalue weighted by molar-refractivity contribution is -0.113. The van der Waals surface area contributed by atoms with Gasteiger partial charge in [-0.2, -0.15) is 0 Å². The van der Waals surface area contributed by atoms with E-state index >= 15 is 0 Å². The molecule has 0 spiro atoms. The van der Waals surface area contributed by atoms with Crippen LogP contribution in [-0.4, -0.2) is 53.7 Å². The minimum Gasteiger partial charge on any atom is -0.497 e. The lowest BCUT2D eigenvalue weighted by atomic mass is 10.0. The van der Waals surface area contributed by atoms with E-state index in [4.69, 9.17) is 14.2 Å². The molecule has 0 aliphatic rings. The number of allylic oxidation sites excluding steroid dienone is 1. The van der Waals surface area contributed by atoms with Crippen LogP contribution in [0.5, 0.6) is 11.5 Å². The van der Waals surface area contributed by atoms with E-state index in [1.54, 1.807) is 20.3 Å². The first-order valence-corrected chi connectivity index (χ1v) is 13.3. The third-order valence-electron chi connectivity index (χ3n) is 5.52. The van der Waals surface area contributed by atoms with Gasteiger partial charge in [-0.25, -0.2) is 4.79 Å². The smallest absolute Gasteiger partial charge is 0.341 e. The van der Waals surface area contributed by atoms with Gasteiger partial charge in [-0.1, -0.05) is 42.1 Å². The quantitative estimate of drug-likeness (QED) is 0.151. The molecule has 4 rings (SSSR count). The highest BCUT2D eigenvalue weighted by molar-refractivity contribution is 7.99. The Kier molecular flexibility index (Phi) is 8.82. The van der Waals surface area contributed by atoms with E-state index in [0.29, 0.717) is 45.2 Å². The Morgan fingerprint density at radius 1 is 1.05 bits per heavy atom. The van der Waals surface area contributed by atoms with E-state index < -0.39 is 5.97 Å². The van der Waals surface area contributed by atoms with Gasteiger partial charge in [-0.3, -0.25) is 9.36 Å². The van der Waals surface area contributed by atoms with Crippen molar-refractivity contribution in [1.29, 1.82) is 0 Å². The summed E-state index contributed by atoms with van der Waals surface area (Å²) in [6.07, 6.45) is 1.74. The fraction of sp³-hybridized carbons (Fsp3) is 0.185. The van der Waals surface area contributed by atoms with Crippen LogP contribution in [0.4, 0.5) is 5.00 Å².